The molecule has 1 saturated heterocycles. The molecule has 0 radical (unpaired) electrons. The maximum Gasteiger partial charge on any atom is 0.221 e. The lowest BCUT2D eigenvalue weighted by Crippen LogP contribution is -2.35. The molecule has 0 spiro atoms. The number of pyridine rings is 1. The molecule has 0 saturated carbocycles. The molecule has 1 aliphatic heterocycles. The number of primary amides is 1. The molecule has 0 atom stereocenters. The number of hydrogen-bond donors (Lipinski definition) is 2. The van der Waals surface area contributed by atoms with E-state index in [1.54, 1.807) is 0 Å². The first kappa shape index (κ1) is 20.0. The maximum atomic E-state index is 11.8. The number of aromatic nitrogens is 2. The summed E-state index contributed by atoms with van der Waals surface area (Å²) in [7, 11) is 0. The van der Waals surface area contributed by atoms with E-state index in [0.29, 0.717) is 5.02 Å². The van der Waals surface area contributed by atoms with Crippen molar-refractivity contribution in [3.8, 4) is 11.3 Å². The number of carbonyl (C=O) groups is 1. The number of nitrogens with two attached hydrogens (primary N) is 1. The van der Waals surface area contributed by atoms with Crippen molar-refractivity contribution in [2.75, 3.05) is 26.3 Å². The van der Waals surface area contributed by atoms with Crippen molar-refractivity contribution in [3.05, 3.63) is 64.7 Å². The zero-order valence-corrected chi connectivity index (χ0v) is 17.8. The molecule has 3 heterocycles. The minimum atomic E-state index is -0.379. The van der Waals surface area contributed by atoms with Crippen LogP contribution < -0.4 is 5.73 Å². The number of nitrogens with one attached hydrogen (secondary N) is 1. The predicted molar refractivity (Wildman–Crippen MR) is 123 cm³/mol. The third-order valence-corrected chi connectivity index (χ3v) is 5.93. The second-order valence-corrected chi connectivity index (χ2v) is 8.37. The van der Waals surface area contributed by atoms with Gasteiger partial charge in [-0.25, -0.2) is 4.98 Å². The molecular formula is C24H23ClN4O2. The highest BCUT2D eigenvalue weighted by atomic mass is 35.5. The van der Waals surface area contributed by atoms with Gasteiger partial charge in [0, 0.05) is 41.1 Å². The topological polar surface area (TPSA) is 84.2 Å². The van der Waals surface area contributed by atoms with Gasteiger partial charge in [0.2, 0.25) is 5.91 Å². The molecule has 1 amide bonds. The van der Waals surface area contributed by atoms with E-state index in [1.807, 2.05) is 30.3 Å². The number of rotatable bonds is 5. The zero-order chi connectivity index (χ0) is 21.4. The number of H-pyrrole nitrogens is 1. The lowest BCUT2D eigenvalue weighted by molar-refractivity contribution is -0.117. The summed E-state index contributed by atoms with van der Waals surface area (Å²) in [4.78, 5) is 22.5. The van der Waals surface area contributed by atoms with Crippen LogP contribution in [0.5, 0.6) is 0 Å². The van der Waals surface area contributed by atoms with E-state index in [9.17, 15) is 4.79 Å². The van der Waals surface area contributed by atoms with Crippen molar-refractivity contribution in [2.45, 2.75) is 13.0 Å². The van der Waals surface area contributed by atoms with Crippen LogP contribution in [0.3, 0.4) is 0 Å². The highest BCUT2D eigenvalue weighted by Crippen LogP contribution is 2.32. The maximum absolute atomic E-state index is 11.8. The van der Waals surface area contributed by atoms with Gasteiger partial charge in [0.25, 0.3) is 0 Å². The number of ether oxygens (including phenoxy) is 1. The number of aromatic amines is 1. The minimum absolute atomic E-state index is 0.139. The third kappa shape index (κ3) is 4.14. The first-order valence-electron chi connectivity index (χ1n) is 10.4. The van der Waals surface area contributed by atoms with Gasteiger partial charge in [-0.15, -0.1) is 0 Å². The van der Waals surface area contributed by atoms with Crippen LogP contribution in [0.1, 0.15) is 11.1 Å². The molecule has 5 rings (SSSR count). The summed E-state index contributed by atoms with van der Waals surface area (Å²) >= 11 is 6.19. The fourth-order valence-electron chi connectivity index (χ4n) is 4.21. The molecule has 0 unspecified atom stereocenters. The number of amides is 1. The fraction of sp³-hybridized carbons (Fsp3) is 0.250. The van der Waals surface area contributed by atoms with Gasteiger partial charge in [-0.3, -0.25) is 9.69 Å². The van der Waals surface area contributed by atoms with Crippen molar-refractivity contribution < 1.29 is 9.53 Å². The van der Waals surface area contributed by atoms with E-state index in [0.717, 1.165) is 71.6 Å². The summed E-state index contributed by atoms with van der Waals surface area (Å²) in [5, 5.41) is 1.66. The summed E-state index contributed by atoms with van der Waals surface area (Å²) in [6.45, 7) is 4.32. The number of fused-ring (bicyclic) bond motifs is 3. The van der Waals surface area contributed by atoms with Gasteiger partial charge in [0.1, 0.15) is 0 Å². The Morgan fingerprint density at radius 3 is 2.77 bits per heavy atom. The summed E-state index contributed by atoms with van der Waals surface area (Å²) in [5.74, 6) is -0.379. The fourth-order valence-corrected chi connectivity index (χ4v) is 4.40. The molecule has 31 heavy (non-hydrogen) atoms. The molecule has 7 heteroatoms. The molecule has 1 aliphatic rings. The molecule has 4 aromatic rings. The second kappa shape index (κ2) is 8.30. The van der Waals surface area contributed by atoms with Gasteiger partial charge in [0.15, 0.2) is 0 Å². The lowest BCUT2D eigenvalue weighted by atomic mass is 10.0. The van der Waals surface area contributed by atoms with Crippen LogP contribution in [0, 0.1) is 0 Å². The molecule has 0 bridgehead atoms. The van der Waals surface area contributed by atoms with Gasteiger partial charge in [-0.2, -0.15) is 0 Å². The van der Waals surface area contributed by atoms with Gasteiger partial charge in [0.05, 0.1) is 36.4 Å². The van der Waals surface area contributed by atoms with E-state index in [2.05, 4.69) is 28.1 Å². The van der Waals surface area contributed by atoms with Crippen molar-refractivity contribution in [3.63, 3.8) is 0 Å². The number of benzene rings is 2. The summed E-state index contributed by atoms with van der Waals surface area (Å²) in [6.07, 6.45) is 0.139. The Bertz CT molecular complexity index is 1280. The van der Waals surface area contributed by atoms with Crippen molar-refractivity contribution in [2.24, 2.45) is 5.73 Å². The first-order chi connectivity index (χ1) is 15.1. The number of halogens is 1. The van der Waals surface area contributed by atoms with E-state index in [1.165, 1.54) is 5.56 Å². The zero-order valence-electron chi connectivity index (χ0n) is 17.0. The number of carbonyl (C=O) groups excluding carboxylic acids is 1. The van der Waals surface area contributed by atoms with Gasteiger partial charge in [-0.1, -0.05) is 35.9 Å². The molecule has 2 aromatic carbocycles. The monoisotopic (exact) mass is 434 g/mol. The molecule has 6 nitrogen and oxygen atoms in total. The first-order valence-corrected chi connectivity index (χ1v) is 10.7. The molecule has 2 aromatic heterocycles. The SMILES string of the molecule is NC(=O)Cc1cc(-c2cccc(Cl)c2)nc2c1[nH]c1cc(CN3CCOCC3)ccc12. The summed E-state index contributed by atoms with van der Waals surface area (Å²) in [6, 6.07) is 15.9. The predicted octanol–water partition coefficient (Wildman–Crippen LogP) is 3.90. The molecule has 1 fully saturated rings. The summed E-state index contributed by atoms with van der Waals surface area (Å²) < 4.78 is 5.45. The Hall–Kier alpha value is -2.93. The largest absolute Gasteiger partial charge is 0.379 e. The van der Waals surface area contributed by atoms with Crippen LogP contribution in [-0.4, -0.2) is 47.1 Å². The normalized spacial score (nSPS) is 15.0. The average Bonchev–Trinajstić information content (AvgIpc) is 3.12. The van der Waals surface area contributed by atoms with Crippen molar-refractivity contribution >= 4 is 39.4 Å². The van der Waals surface area contributed by atoms with Crippen molar-refractivity contribution in [1.82, 2.24) is 14.9 Å². The summed E-state index contributed by atoms with van der Waals surface area (Å²) in [5.41, 5.74) is 12.0. The van der Waals surface area contributed by atoms with Crippen molar-refractivity contribution in [1.29, 1.82) is 0 Å². The average molecular weight is 435 g/mol. The smallest absolute Gasteiger partial charge is 0.221 e. The van der Waals surface area contributed by atoms with Crippen LogP contribution in [0.2, 0.25) is 5.02 Å². The Balaban J connectivity index is 1.61. The van der Waals surface area contributed by atoms with E-state index in [-0.39, 0.29) is 12.3 Å². The highest BCUT2D eigenvalue weighted by Gasteiger charge is 2.16. The number of hydrogen-bond acceptors (Lipinski definition) is 4. The Morgan fingerprint density at radius 2 is 2.00 bits per heavy atom. The highest BCUT2D eigenvalue weighted by molar-refractivity contribution is 6.30. The van der Waals surface area contributed by atoms with Crippen LogP contribution >= 0.6 is 11.6 Å². The van der Waals surface area contributed by atoms with E-state index in [4.69, 9.17) is 27.1 Å². The van der Waals surface area contributed by atoms with Gasteiger partial charge >= 0.3 is 0 Å². The molecular weight excluding hydrogens is 412 g/mol. The minimum Gasteiger partial charge on any atom is -0.379 e. The Labute approximate surface area is 185 Å². The van der Waals surface area contributed by atoms with Gasteiger partial charge < -0.3 is 15.5 Å². The second-order valence-electron chi connectivity index (χ2n) is 7.94. The van der Waals surface area contributed by atoms with Gasteiger partial charge in [-0.05, 0) is 35.4 Å². The molecule has 0 aliphatic carbocycles. The molecule has 158 valence electrons. The standard InChI is InChI=1S/C24H23ClN4O2/c25-18-3-1-2-16(11-18)20-12-17(13-22(26)30)23-24(27-20)19-5-4-15(10-21(19)28-23)14-29-6-8-31-9-7-29/h1-5,10-12,28H,6-9,13-14H2,(H2,26,30). The van der Waals surface area contributed by atoms with E-state index >= 15 is 0 Å². The third-order valence-electron chi connectivity index (χ3n) is 5.69. The van der Waals surface area contributed by atoms with Crippen LogP contribution in [0.4, 0.5) is 0 Å². The Kier molecular flexibility index (Phi) is 5.36. The lowest BCUT2D eigenvalue weighted by Gasteiger charge is -2.26. The number of nitrogens with zero attached hydrogens (tertiary/aromatic N) is 2. The Morgan fingerprint density at radius 1 is 1.16 bits per heavy atom. The van der Waals surface area contributed by atoms with Crippen LogP contribution in [0.15, 0.2) is 48.5 Å². The number of morpholine rings is 1. The van der Waals surface area contributed by atoms with E-state index < -0.39 is 0 Å². The van der Waals surface area contributed by atoms with Crippen LogP contribution in [-0.2, 0) is 22.5 Å². The van der Waals surface area contributed by atoms with Crippen LogP contribution in [0.25, 0.3) is 33.2 Å². The molecule has 3 N–H and O–H groups in total. The quantitative estimate of drug-likeness (QED) is 0.499.